The number of amides is 1. The van der Waals surface area contributed by atoms with Crippen molar-refractivity contribution in [3.63, 3.8) is 0 Å². The van der Waals surface area contributed by atoms with Crippen molar-refractivity contribution in [3.05, 3.63) is 24.3 Å². The van der Waals surface area contributed by atoms with Gasteiger partial charge in [0.25, 0.3) is 0 Å². The first-order chi connectivity index (χ1) is 10.7. The lowest BCUT2D eigenvalue weighted by Gasteiger charge is -2.30. The number of nitrogens with zero attached hydrogens (tertiary/aromatic N) is 2. The number of para-hydroxylation sites is 1. The zero-order valence-electron chi connectivity index (χ0n) is 12.6. The normalized spacial score (nSPS) is 21.0. The Morgan fingerprint density at radius 3 is 2.83 bits per heavy atom. The number of benzene rings is 1. The highest BCUT2D eigenvalue weighted by atomic mass is 32.2. The largest absolute Gasteiger partial charge is 0.465 e. The van der Waals surface area contributed by atoms with Gasteiger partial charge in [0.1, 0.15) is 5.72 Å². The molecule has 0 saturated carbocycles. The summed E-state index contributed by atoms with van der Waals surface area (Å²) in [5.74, 6) is -0.345. The van der Waals surface area contributed by atoms with E-state index in [4.69, 9.17) is 4.74 Å². The first kappa shape index (κ1) is 16.2. The molecule has 0 bridgehead atoms. The fourth-order valence-electron chi connectivity index (χ4n) is 2.70. The third-order valence-electron chi connectivity index (χ3n) is 3.73. The summed E-state index contributed by atoms with van der Waals surface area (Å²) in [5.41, 5.74) is -0.422. The van der Waals surface area contributed by atoms with Crippen molar-refractivity contribution < 1.29 is 23.1 Å². The summed E-state index contributed by atoms with van der Waals surface area (Å²) >= 11 is 1.09. The Balaban J connectivity index is 1.90. The smallest absolute Gasteiger partial charge is 0.409 e. The third-order valence-corrected chi connectivity index (χ3v) is 7.02. The van der Waals surface area contributed by atoms with Gasteiger partial charge in [-0.25, -0.2) is 18.2 Å². The number of thiazole rings is 1. The number of ether oxygens (including phenoxy) is 1. The predicted molar refractivity (Wildman–Crippen MR) is 85.4 cm³/mol. The minimum absolute atomic E-state index is 0.00810. The van der Waals surface area contributed by atoms with Gasteiger partial charge < -0.3 is 9.84 Å². The lowest BCUT2D eigenvalue weighted by molar-refractivity contribution is -0.0414. The predicted octanol–water partition coefficient (Wildman–Crippen LogP) is 2.18. The Hall–Kier alpha value is -1.71. The van der Waals surface area contributed by atoms with Gasteiger partial charge in [0.2, 0.25) is 14.2 Å². The second kappa shape index (κ2) is 5.43. The molecule has 1 amide bonds. The van der Waals surface area contributed by atoms with Gasteiger partial charge in [-0.3, -0.25) is 4.90 Å². The fraction of sp³-hybridized carbons (Fsp3) is 0.429. The molecular formula is C14H16N2O5S2. The number of carbonyl (C=O) groups is 1. The Morgan fingerprint density at radius 1 is 1.48 bits per heavy atom. The van der Waals surface area contributed by atoms with Crippen LogP contribution in [0.1, 0.15) is 13.8 Å². The van der Waals surface area contributed by atoms with Crippen LogP contribution >= 0.6 is 11.3 Å². The van der Waals surface area contributed by atoms with E-state index in [0.717, 1.165) is 20.9 Å². The lowest BCUT2D eigenvalue weighted by Crippen LogP contribution is -2.49. The van der Waals surface area contributed by atoms with E-state index >= 15 is 0 Å². The molecule has 124 valence electrons. The molecule has 0 aliphatic carbocycles. The summed E-state index contributed by atoms with van der Waals surface area (Å²) in [5, 5.41) is 9.34. The Kier molecular flexibility index (Phi) is 3.81. The van der Waals surface area contributed by atoms with Gasteiger partial charge in [0.15, 0.2) is 0 Å². The molecule has 1 aliphatic rings. The molecule has 3 rings (SSSR count). The highest BCUT2D eigenvalue weighted by Gasteiger charge is 2.46. The second-order valence-electron chi connectivity index (χ2n) is 5.79. The molecule has 1 aromatic heterocycles. The van der Waals surface area contributed by atoms with E-state index in [1.165, 1.54) is 0 Å². The Morgan fingerprint density at radius 2 is 2.17 bits per heavy atom. The number of rotatable bonds is 3. The maximum absolute atomic E-state index is 12.6. The molecule has 1 atom stereocenters. The summed E-state index contributed by atoms with van der Waals surface area (Å²) in [6.07, 6.45) is -1.20. The van der Waals surface area contributed by atoms with E-state index in [1.54, 1.807) is 32.0 Å². The molecule has 9 heteroatoms. The van der Waals surface area contributed by atoms with Crippen LogP contribution in [0.2, 0.25) is 0 Å². The van der Waals surface area contributed by atoms with Crippen LogP contribution in [0.5, 0.6) is 0 Å². The molecular weight excluding hydrogens is 340 g/mol. The van der Waals surface area contributed by atoms with E-state index in [2.05, 4.69) is 4.98 Å². The van der Waals surface area contributed by atoms with E-state index in [0.29, 0.717) is 5.52 Å². The summed E-state index contributed by atoms with van der Waals surface area (Å²) in [6.45, 7) is 3.25. The molecule has 2 heterocycles. The second-order valence-corrected chi connectivity index (χ2v) is 9.03. The van der Waals surface area contributed by atoms with Gasteiger partial charge in [-0.05, 0) is 26.0 Å². The first-order valence-corrected chi connectivity index (χ1v) is 9.42. The van der Waals surface area contributed by atoms with Crippen LogP contribution in [0.4, 0.5) is 4.79 Å². The highest BCUT2D eigenvalue weighted by molar-refractivity contribution is 7.93. The van der Waals surface area contributed by atoms with E-state index in [1.807, 2.05) is 6.07 Å². The van der Waals surface area contributed by atoms with Gasteiger partial charge in [-0.1, -0.05) is 12.1 Å². The van der Waals surface area contributed by atoms with Crippen LogP contribution in [-0.2, 0) is 14.6 Å². The number of hydrogen-bond acceptors (Lipinski definition) is 6. The van der Waals surface area contributed by atoms with Crippen LogP contribution in [0.25, 0.3) is 10.2 Å². The van der Waals surface area contributed by atoms with Crippen LogP contribution in [-0.4, -0.2) is 53.6 Å². The third kappa shape index (κ3) is 2.91. The molecule has 7 nitrogen and oxygen atoms in total. The van der Waals surface area contributed by atoms with Crippen molar-refractivity contribution in [2.24, 2.45) is 0 Å². The number of sulfone groups is 1. The maximum atomic E-state index is 12.6. The van der Waals surface area contributed by atoms with Gasteiger partial charge in [-0.15, -0.1) is 11.3 Å². The van der Waals surface area contributed by atoms with Gasteiger partial charge in [-0.2, -0.15) is 0 Å². The summed E-state index contributed by atoms with van der Waals surface area (Å²) in [7, 11) is -3.70. The van der Waals surface area contributed by atoms with Crippen LogP contribution in [0.3, 0.4) is 0 Å². The molecule has 1 aliphatic heterocycles. The average Bonchev–Trinajstić information content (AvgIpc) is 2.99. The summed E-state index contributed by atoms with van der Waals surface area (Å²) in [4.78, 5) is 16.6. The van der Waals surface area contributed by atoms with E-state index < -0.39 is 27.7 Å². The fourth-order valence-corrected chi connectivity index (χ4v) is 5.51. The van der Waals surface area contributed by atoms with Crippen LogP contribution in [0.15, 0.2) is 28.6 Å². The molecule has 1 N–H and O–H groups in total. The lowest BCUT2D eigenvalue weighted by atomic mass is 10.2. The van der Waals surface area contributed by atoms with Crippen molar-refractivity contribution in [3.8, 4) is 0 Å². The van der Waals surface area contributed by atoms with Gasteiger partial charge in [0, 0.05) is 0 Å². The van der Waals surface area contributed by atoms with Crippen molar-refractivity contribution in [2.75, 3.05) is 12.4 Å². The monoisotopic (exact) mass is 356 g/mol. The van der Waals surface area contributed by atoms with Crippen molar-refractivity contribution in [1.82, 2.24) is 9.88 Å². The first-order valence-electron chi connectivity index (χ1n) is 6.95. The Labute approximate surface area is 137 Å². The molecule has 1 saturated heterocycles. The van der Waals surface area contributed by atoms with Crippen molar-refractivity contribution in [2.45, 2.75) is 30.0 Å². The van der Waals surface area contributed by atoms with Crippen LogP contribution < -0.4 is 0 Å². The average molecular weight is 356 g/mol. The highest BCUT2D eigenvalue weighted by Crippen LogP contribution is 2.31. The number of hydrogen-bond donors (Lipinski definition) is 1. The molecule has 0 radical (unpaired) electrons. The molecule has 0 unspecified atom stereocenters. The quantitative estimate of drug-likeness (QED) is 0.905. The molecule has 1 fully saturated rings. The topological polar surface area (TPSA) is 96.8 Å². The standard InChI is InChI=1S/C14H16N2O5S2/c1-14(2)16(13(17)18)9(7-21-14)8-23(19,20)12-15-10-5-3-4-6-11(10)22-12/h3-6,9H,7-8H2,1-2H3,(H,17,18)/t9-/m0/s1. The van der Waals surface area contributed by atoms with Gasteiger partial charge in [0.05, 0.1) is 28.6 Å². The van der Waals surface area contributed by atoms with E-state index in [9.17, 15) is 18.3 Å². The van der Waals surface area contributed by atoms with E-state index in [-0.39, 0.29) is 16.7 Å². The minimum atomic E-state index is -3.70. The van der Waals surface area contributed by atoms with Crippen molar-refractivity contribution in [1.29, 1.82) is 0 Å². The summed E-state index contributed by atoms with van der Waals surface area (Å²) < 4.78 is 31.4. The van der Waals surface area contributed by atoms with Crippen molar-refractivity contribution >= 4 is 37.5 Å². The zero-order valence-corrected chi connectivity index (χ0v) is 14.2. The minimum Gasteiger partial charge on any atom is -0.465 e. The number of aromatic nitrogens is 1. The molecule has 23 heavy (non-hydrogen) atoms. The van der Waals surface area contributed by atoms with Gasteiger partial charge >= 0.3 is 6.09 Å². The molecule has 1 aromatic carbocycles. The maximum Gasteiger partial charge on any atom is 0.409 e. The summed E-state index contributed by atoms with van der Waals surface area (Å²) in [6, 6.07) is 6.40. The number of carboxylic acid groups (broad SMARTS) is 1. The Bertz CT molecular complexity index is 826. The van der Waals surface area contributed by atoms with Crippen LogP contribution in [0, 0.1) is 0 Å². The SMILES string of the molecule is CC1(C)OC[C@@H](CS(=O)(=O)c2nc3ccccc3s2)N1C(=O)O. The molecule has 2 aromatic rings. The zero-order chi connectivity index (χ0) is 16.8. The molecule has 0 spiro atoms. The number of fused-ring (bicyclic) bond motifs is 1.